The Morgan fingerprint density at radius 2 is 1.88 bits per heavy atom. The monoisotopic (exact) mass is 357 g/mol. The topological polar surface area (TPSA) is 53.6 Å². The minimum absolute atomic E-state index is 0.0399. The van der Waals surface area contributed by atoms with Gasteiger partial charge in [-0.25, -0.2) is 5.06 Å². The van der Waals surface area contributed by atoms with Crippen molar-refractivity contribution in [2.45, 2.75) is 70.0 Å². The van der Waals surface area contributed by atoms with Crippen molar-refractivity contribution in [3.63, 3.8) is 0 Å². The lowest BCUT2D eigenvalue weighted by Crippen LogP contribution is -2.42. The first kappa shape index (κ1) is 17.8. The molecule has 3 aliphatic rings. The Labute approximate surface area is 156 Å². The molecule has 5 heteroatoms. The number of benzene rings is 1. The summed E-state index contributed by atoms with van der Waals surface area (Å²) in [5.41, 5.74) is 2.92. The average Bonchev–Trinajstić information content (AvgIpc) is 3.24. The van der Waals surface area contributed by atoms with Crippen LogP contribution in [0.4, 0.5) is 5.69 Å². The molecular formula is C21H31N3O2. The van der Waals surface area contributed by atoms with Gasteiger partial charge < -0.3 is 10.6 Å². The van der Waals surface area contributed by atoms with Gasteiger partial charge in [-0.3, -0.25) is 9.63 Å². The van der Waals surface area contributed by atoms with E-state index in [0.29, 0.717) is 18.6 Å². The smallest absolute Gasteiger partial charge is 0.278 e. The van der Waals surface area contributed by atoms with Crippen molar-refractivity contribution >= 4 is 11.6 Å². The van der Waals surface area contributed by atoms with Crippen LogP contribution in [0.5, 0.6) is 0 Å². The molecule has 2 N–H and O–H groups in total. The van der Waals surface area contributed by atoms with Crippen LogP contribution in [0.15, 0.2) is 18.2 Å². The Hall–Kier alpha value is -1.59. The van der Waals surface area contributed by atoms with Gasteiger partial charge in [0.25, 0.3) is 5.91 Å². The molecular weight excluding hydrogens is 326 g/mol. The maximum atomic E-state index is 12.1. The van der Waals surface area contributed by atoms with Gasteiger partial charge in [0.1, 0.15) is 0 Å². The molecule has 2 saturated carbocycles. The van der Waals surface area contributed by atoms with Gasteiger partial charge in [-0.1, -0.05) is 19.3 Å². The number of hydrogen-bond acceptors (Lipinski definition) is 4. The molecule has 4 rings (SSSR count). The summed E-state index contributed by atoms with van der Waals surface area (Å²) in [6.07, 6.45) is 10.8. The molecule has 26 heavy (non-hydrogen) atoms. The van der Waals surface area contributed by atoms with Crippen molar-refractivity contribution in [3.05, 3.63) is 29.3 Å². The second-order valence-electron chi connectivity index (χ2n) is 8.10. The number of rotatable bonds is 6. The van der Waals surface area contributed by atoms with Crippen LogP contribution < -0.4 is 10.6 Å². The Morgan fingerprint density at radius 1 is 1.08 bits per heavy atom. The van der Waals surface area contributed by atoms with Gasteiger partial charge in [0.2, 0.25) is 0 Å². The minimum atomic E-state index is -0.0399. The molecule has 0 unspecified atom stereocenters. The van der Waals surface area contributed by atoms with E-state index in [1.807, 2.05) is 12.1 Å². The maximum Gasteiger partial charge on any atom is 0.278 e. The SMILES string of the molecule is CON1Cc2cc(N[C@H]3CCC[C@@H]3NCC3CCCCC3)ccc2C1=O. The van der Waals surface area contributed by atoms with E-state index in [1.54, 1.807) is 7.11 Å². The van der Waals surface area contributed by atoms with Crippen LogP contribution in [-0.2, 0) is 11.4 Å². The molecule has 142 valence electrons. The summed E-state index contributed by atoms with van der Waals surface area (Å²) in [7, 11) is 1.55. The van der Waals surface area contributed by atoms with E-state index in [2.05, 4.69) is 16.7 Å². The second kappa shape index (κ2) is 7.97. The first-order valence-electron chi connectivity index (χ1n) is 10.2. The van der Waals surface area contributed by atoms with Crippen molar-refractivity contribution in [1.29, 1.82) is 0 Å². The molecule has 2 aliphatic carbocycles. The highest BCUT2D eigenvalue weighted by atomic mass is 16.7. The molecule has 0 aromatic heterocycles. The lowest BCUT2D eigenvalue weighted by molar-refractivity contribution is -0.0956. The van der Waals surface area contributed by atoms with Gasteiger partial charge in [0.15, 0.2) is 0 Å². The Bertz CT molecular complexity index is 642. The van der Waals surface area contributed by atoms with Crippen molar-refractivity contribution < 1.29 is 9.63 Å². The number of carbonyl (C=O) groups excluding carboxylic acids is 1. The van der Waals surface area contributed by atoms with E-state index in [0.717, 1.165) is 22.7 Å². The lowest BCUT2D eigenvalue weighted by atomic mass is 9.89. The Balaban J connectivity index is 1.35. The Kier molecular flexibility index (Phi) is 5.46. The molecule has 5 nitrogen and oxygen atoms in total. The van der Waals surface area contributed by atoms with Crippen LogP contribution in [0.25, 0.3) is 0 Å². The zero-order valence-electron chi connectivity index (χ0n) is 15.8. The van der Waals surface area contributed by atoms with E-state index in [-0.39, 0.29) is 5.91 Å². The van der Waals surface area contributed by atoms with Gasteiger partial charge >= 0.3 is 0 Å². The fraction of sp³-hybridized carbons (Fsp3) is 0.667. The van der Waals surface area contributed by atoms with Crippen LogP contribution in [-0.4, -0.2) is 36.7 Å². The summed E-state index contributed by atoms with van der Waals surface area (Å²) in [6, 6.07) is 7.11. The number of amides is 1. The number of fused-ring (bicyclic) bond motifs is 1. The minimum Gasteiger partial charge on any atom is -0.381 e. The van der Waals surface area contributed by atoms with Crippen LogP contribution in [0.3, 0.4) is 0 Å². The van der Waals surface area contributed by atoms with Gasteiger partial charge in [0.05, 0.1) is 13.7 Å². The average molecular weight is 357 g/mol. The standard InChI is InChI=1S/C21H31N3O2/c1-26-24-14-16-12-17(10-11-18(16)21(24)25)23-20-9-5-8-19(20)22-13-15-6-3-2-4-7-15/h10-12,15,19-20,22-23H,2-9,13-14H2,1H3/t19-,20-/m0/s1. The number of carbonyl (C=O) groups is 1. The van der Waals surface area contributed by atoms with Crippen molar-refractivity contribution in [2.75, 3.05) is 19.0 Å². The highest BCUT2D eigenvalue weighted by molar-refractivity contribution is 5.98. The van der Waals surface area contributed by atoms with Crippen molar-refractivity contribution in [2.24, 2.45) is 5.92 Å². The molecule has 1 aliphatic heterocycles. The summed E-state index contributed by atoms with van der Waals surface area (Å²) in [6.45, 7) is 1.71. The molecule has 0 bridgehead atoms. The highest BCUT2D eigenvalue weighted by Gasteiger charge is 2.30. The molecule has 1 amide bonds. The molecule has 0 radical (unpaired) electrons. The van der Waals surface area contributed by atoms with Gasteiger partial charge in [-0.15, -0.1) is 0 Å². The van der Waals surface area contributed by atoms with E-state index in [1.165, 1.54) is 63.0 Å². The van der Waals surface area contributed by atoms with Crippen LogP contribution in [0, 0.1) is 5.92 Å². The third-order valence-electron chi connectivity index (χ3n) is 6.36. The van der Waals surface area contributed by atoms with E-state index in [4.69, 9.17) is 4.84 Å². The number of anilines is 1. The largest absolute Gasteiger partial charge is 0.381 e. The summed E-state index contributed by atoms with van der Waals surface area (Å²) in [5, 5.41) is 8.99. The lowest BCUT2D eigenvalue weighted by Gasteiger charge is -2.27. The van der Waals surface area contributed by atoms with Crippen LogP contribution in [0.2, 0.25) is 0 Å². The fourth-order valence-corrected chi connectivity index (χ4v) is 4.83. The maximum absolute atomic E-state index is 12.1. The van der Waals surface area contributed by atoms with Crippen molar-refractivity contribution in [1.82, 2.24) is 10.4 Å². The van der Waals surface area contributed by atoms with E-state index >= 15 is 0 Å². The molecule has 0 saturated heterocycles. The first-order valence-corrected chi connectivity index (χ1v) is 10.2. The van der Waals surface area contributed by atoms with Gasteiger partial charge in [0, 0.05) is 23.3 Å². The quantitative estimate of drug-likeness (QED) is 0.815. The molecule has 1 heterocycles. The third-order valence-corrected chi connectivity index (χ3v) is 6.36. The summed E-state index contributed by atoms with van der Waals surface area (Å²) in [5.74, 6) is 0.831. The van der Waals surface area contributed by atoms with Gasteiger partial charge in [-0.05, 0) is 68.3 Å². The first-order chi connectivity index (χ1) is 12.7. The number of hydrogen-bond donors (Lipinski definition) is 2. The predicted octanol–water partition coefficient (Wildman–Crippen LogP) is 3.71. The number of hydroxylamine groups is 2. The summed E-state index contributed by atoms with van der Waals surface area (Å²) < 4.78 is 0. The van der Waals surface area contributed by atoms with Crippen molar-refractivity contribution in [3.8, 4) is 0 Å². The number of nitrogens with zero attached hydrogens (tertiary/aromatic N) is 1. The highest BCUT2D eigenvalue weighted by Crippen LogP contribution is 2.29. The van der Waals surface area contributed by atoms with E-state index < -0.39 is 0 Å². The Morgan fingerprint density at radius 3 is 2.69 bits per heavy atom. The molecule has 1 aromatic rings. The summed E-state index contributed by atoms with van der Waals surface area (Å²) in [4.78, 5) is 17.3. The zero-order valence-corrected chi connectivity index (χ0v) is 15.8. The molecule has 0 spiro atoms. The van der Waals surface area contributed by atoms with Crippen LogP contribution in [0.1, 0.15) is 67.3 Å². The predicted molar refractivity (Wildman–Crippen MR) is 103 cm³/mol. The summed E-state index contributed by atoms with van der Waals surface area (Å²) >= 11 is 0. The second-order valence-corrected chi connectivity index (χ2v) is 8.10. The third kappa shape index (κ3) is 3.74. The molecule has 2 atom stereocenters. The zero-order chi connectivity index (χ0) is 17.9. The fourth-order valence-electron chi connectivity index (χ4n) is 4.83. The molecule has 2 fully saturated rings. The van der Waals surface area contributed by atoms with Gasteiger partial charge in [-0.2, -0.15) is 0 Å². The van der Waals surface area contributed by atoms with Crippen LogP contribution >= 0.6 is 0 Å². The molecule has 1 aromatic carbocycles. The normalized spacial score (nSPS) is 26.3. The van der Waals surface area contributed by atoms with E-state index in [9.17, 15) is 4.79 Å². The number of nitrogens with one attached hydrogen (secondary N) is 2.